The van der Waals surface area contributed by atoms with Gasteiger partial charge in [-0.3, -0.25) is 4.68 Å². The Hall–Kier alpha value is -1.52. The molecular weight excluding hydrogens is 262 g/mol. The third kappa shape index (κ3) is 3.99. The van der Waals surface area contributed by atoms with Crippen LogP contribution in [0.2, 0.25) is 0 Å². The van der Waals surface area contributed by atoms with Gasteiger partial charge in [0.05, 0.1) is 12.2 Å². The molecule has 0 aliphatic heterocycles. The van der Waals surface area contributed by atoms with Crippen LogP contribution < -0.4 is 10.6 Å². The lowest BCUT2D eigenvalue weighted by Crippen LogP contribution is -2.39. The van der Waals surface area contributed by atoms with Crippen molar-refractivity contribution in [2.75, 3.05) is 6.54 Å². The Morgan fingerprint density at radius 2 is 2.14 bits per heavy atom. The minimum absolute atomic E-state index is 0.610. The van der Waals surface area contributed by atoms with E-state index < -0.39 is 0 Å². The molecule has 1 fully saturated rings. The third-order valence-electron chi connectivity index (χ3n) is 4.30. The molecule has 118 valence electrons. The van der Waals surface area contributed by atoms with Crippen LogP contribution in [0, 0.1) is 19.8 Å². The van der Waals surface area contributed by atoms with Crippen molar-refractivity contribution >= 4 is 5.96 Å². The molecule has 2 unspecified atom stereocenters. The van der Waals surface area contributed by atoms with Gasteiger partial charge < -0.3 is 10.6 Å². The zero-order valence-electron chi connectivity index (χ0n) is 14.0. The molecule has 5 heteroatoms. The van der Waals surface area contributed by atoms with E-state index in [4.69, 9.17) is 4.99 Å². The minimum Gasteiger partial charge on any atom is -0.357 e. The van der Waals surface area contributed by atoms with Crippen molar-refractivity contribution in [1.29, 1.82) is 0 Å². The number of hydrogen-bond acceptors (Lipinski definition) is 2. The maximum absolute atomic E-state index is 4.73. The highest BCUT2D eigenvalue weighted by Crippen LogP contribution is 2.34. The Kier molecular flexibility index (Phi) is 5.26. The van der Waals surface area contributed by atoms with Crippen LogP contribution >= 0.6 is 0 Å². The average Bonchev–Trinajstić information content (AvgIpc) is 3.11. The molecule has 1 heterocycles. The van der Waals surface area contributed by atoms with Crippen molar-refractivity contribution in [3.05, 3.63) is 17.0 Å². The van der Waals surface area contributed by atoms with Gasteiger partial charge in [0.25, 0.3) is 0 Å². The van der Waals surface area contributed by atoms with Crippen LogP contribution in [0.1, 0.15) is 50.1 Å². The van der Waals surface area contributed by atoms with Crippen LogP contribution in [0.25, 0.3) is 0 Å². The van der Waals surface area contributed by atoms with Crippen LogP contribution in [0.4, 0.5) is 0 Å². The number of nitrogens with zero attached hydrogens (tertiary/aromatic N) is 3. The van der Waals surface area contributed by atoms with E-state index in [1.807, 2.05) is 11.7 Å². The maximum atomic E-state index is 4.73. The van der Waals surface area contributed by atoms with Crippen molar-refractivity contribution in [3.63, 3.8) is 0 Å². The molecule has 5 nitrogen and oxygen atoms in total. The van der Waals surface area contributed by atoms with Crippen molar-refractivity contribution in [2.45, 2.75) is 59.5 Å². The highest BCUT2D eigenvalue weighted by molar-refractivity contribution is 5.80. The van der Waals surface area contributed by atoms with E-state index in [9.17, 15) is 0 Å². The highest BCUT2D eigenvalue weighted by Gasteiger charge is 2.36. The molecule has 0 bridgehead atoms. The lowest BCUT2D eigenvalue weighted by molar-refractivity contribution is 0.655. The number of aromatic nitrogens is 2. The van der Waals surface area contributed by atoms with Crippen molar-refractivity contribution < 1.29 is 0 Å². The zero-order valence-corrected chi connectivity index (χ0v) is 14.0. The summed E-state index contributed by atoms with van der Waals surface area (Å²) in [6.07, 6.45) is 3.87. The van der Waals surface area contributed by atoms with Gasteiger partial charge in [0, 0.05) is 30.9 Å². The maximum Gasteiger partial charge on any atom is 0.191 e. The van der Waals surface area contributed by atoms with Crippen molar-refractivity contribution in [1.82, 2.24) is 20.4 Å². The molecular formula is C16H29N5. The van der Waals surface area contributed by atoms with E-state index in [1.165, 1.54) is 30.5 Å². The second-order valence-corrected chi connectivity index (χ2v) is 6.00. The number of aryl methyl sites for hydroxylation is 2. The van der Waals surface area contributed by atoms with Gasteiger partial charge in [-0.15, -0.1) is 0 Å². The summed E-state index contributed by atoms with van der Waals surface area (Å²) >= 11 is 0. The Labute approximate surface area is 128 Å². The lowest BCUT2D eigenvalue weighted by atomic mass is 10.2. The average molecular weight is 291 g/mol. The summed E-state index contributed by atoms with van der Waals surface area (Å²) in [6.45, 7) is 10.1. The molecule has 1 aromatic rings. The Morgan fingerprint density at radius 3 is 2.71 bits per heavy atom. The molecule has 0 saturated heterocycles. The van der Waals surface area contributed by atoms with Crippen LogP contribution in [-0.2, 0) is 13.6 Å². The Balaban J connectivity index is 1.97. The van der Waals surface area contributed by atoms with E-state index >= 15 is 0 Å². The molecule has 0 aromatic carbocycles. The first kappa shape index (κ1) is 15.9. The fourth-order valence-corrected chi connectivity index (χ4v) is 2.81. The molecule has 1 saturated carbocycles. The van der Waals surface area contributed by atoms with Gasteiger partial charge in [-0.05, 0) is 39.5 Å². The predicted octanol–water partition coefficient (Wildman–Crippen LogP) is 2.28. The smallest absolute Gasteiger partial charge is 0.191 e. The van der Waals surface area contributed by atoms with Gasteiger partial charge in [0.1, 0.15) is 0 Å². The van der Waals surface area contributed by atoms with Crippen LogP contribution in [0.5, 0.6) is 0 Å². The highest BCUT2D eigenvalue weighted by atomic mass is 15.3. The van der Waals surface area contributed by atoms with E-state index in [0.717, 1.165) is 24.1 Å². The summed E-state index contributed by atoms with van der Waals surface area (Å²) in [5, 5.41) is 11.3. The van der Waals surface area contributed by atoms with E-state index in [1.54, 1.807) is 0 Å². The fraction of sp³-hybridized carbons (Fsp3) is 0.750. The molecule has 0 spiro atoms. The molecule has 0 amide bonds. The standard InChI is InChI=1S/C16H29N5/c1-6-8-13-9-15(13)19-16(17-7-2)18-10-14-11(3)20-21(5)12(14)4/h13,15H,6-10H2,1-5H3,(H2,17,18,19). The number of hydrogen-bond donors (Lipinski definition) is 2. The third-order valence-corrected chi connectivity index (χ3v) is 4.30. The number of nitrogens with one attached hydrogen (secondary N) is 2. The van der Waals surface area contributed by atoms with Crippen molar-refractivity contribution in [3.8, 4) is 0 Å². The van der Waals surface area contributed by atoms with Crippen LogP contribution in [-0.4, -0.2) is 28.3 Å². The van der Waals surface area contributed by atoms with Gasteiger partial charge in [0.15, 0.2) is 5.96 Å². The largest absolute Gasteiger partial charge is 0.357 e. The molecule has 2 N–H and O–H groups in total. The van der Waals surface area contributed by atoms with E-state index in [2.05, 4.69) is 43.4 Å². The predicted molar refractivity (Wildman–Crippen MR) is 87.4 cm³/mol. The summed E-state index contributed by atoms with van der Waals surface area (Å²) < 4.78 is 1.93. The van der Waals surface area contributed by atoms with Gasteiger partial charge >= 0.3 is 0 Å². The van der Waals surface area contributed by atoms with Crippen LogP contribution in [0.15, 0.2) is 4.99 Å². The summed E-state index contributed by atoms with van der Waals surface area (Å²) in [5.74, 6) is 1.77. The summed E-state index contributed by atoms with van der Waals surface area (Å²) in [4.78, 5) is 4.73. The molecule has 1 aromatic heterocycles. The molecule has 2 atom stereocenters. The van der Waals surface area contributed by atoms with Gasteiger partial charge in [-0.1, -0.05) is 13.3 Å². The van der Waals surface area contributed by atoms with E-state index in [-0.39, 0.29) is 0 Å². The first-order valence-electron chi connectivity index (χ1n) is 8.10. The molecule has 0 radical (unpaired) electrons. The number of aliphatic imine (C=N–C) groups is 1. The normalized spacial score (nSPS) is 21.5. The summed E-state index contributed by atoms with van der Waals surface area (Å²) in [6, 6.07) is 0.610. The summed E-state index contributed by atoms with van der Waals surface area (Å²) in [7, 11) is 1.98. The Bertz CT molecular complexity index is 503. The monoisotopic (exact) mass is 291 g/mol. The molecule has 2 rings (SSSR count). The first-order chi connectivity index (χ1) is 10.1. The Morgan fingerprint density at radius 1 is 1.38 bits per heavy atom. The van der Waals surface area contributed by atoms with Crippen molar-refractivity contribution in [2.24, 2.45) is 18.0 Å². The molecule has 1 aliphatic carbocycles. The second kappa shape index (κ2) is 6.96. The second-order valence-electron chi connectivity index (χ2n) is 6.00. The van der Waals surface area contributed by atoms with Gasteiger partial charge in [-0.25, -0.2) is 4.99 Å². The van der Waals surface area contributed by atoms with Crippen LogP contribution in [0.3, 0.4) is 0 Å². The zero-order chi connectivity index (χ0) is 15.4. The number of rotatable bonds is 6. The number of guanidine groups is 1. The quantitative estimate of drug-likeness (QED) is 0.624. The fourth-order valence-electron chi connectivity index (χ4n) is 2.81. The molecule has 1 aliphatic rings. The first-order valence-corrected chi connectivity index (χ1v) is 8.10. The minimum atomic E-state index is 0.610. The summed E-state index contributed by atoms with van der Waals surface area (Å²) in [5.41, 5.74) is 3.50. The molecule has 21 heavy (non-hydrogen) atoms. The lowest BCUT2D eigenvalue weighted by Gasteiger charge is -2.11. The van der Waals surface area contributed by atoms with Gasteiger partial charge in [0.2, 0.25) is 0 Å². The van der Waals surface area contributed by atoms with E-state index in [0.29, 0.717) is 12.6 Å². The van der Waals surface area contributed by atoms with Gasteiger partial charge in [-0.2, -0.15) is 5.10 Å². The SMILES string of the molecule is CCCC1CC1NC(=NCc1c(C)nn(C)c1C)NCC. The topological polar surface area (TPSA) is 54.2 Å².